The van der Waals surface area contributed by atoms with Crippen LogP contribution in [0.15, 0.2) is 36.4 Å². The highest BCUT2D eigenvalue weighted by molar-refractivity contribution is 5.29. The molecule has 1 aromatic rings. The SMILES string of the molecule is C=C(Cc1ccc(C2CC(C)(C)CC(C)(C)C2)cc1)C(CN)C1CCCCC1. The maximum atomic E-state index is 6.17. The lowest BCUT2D eigenvalue weighted by molar-refractivity contribution is 0.0969. The molecule has 2 aliphatic rings. The molecule has 0 saturated heterocycles. The second kappa shape index (κ2) is 8.74. The maximum absolute atomic E-state index is 6.17. The third-order valence-electron chi connectivity index (χ3n) is 7.43. The van der Waals surface area contributed by atoms with Crippen LogP contribution in [-0.2, 0) is 6.42 Å². The van der Waals surface area contributed by atoms with E-state index in [4.69, 9.17) is 5.73 Å². The normalized spacial score (nSPS) is 24.0. The Kier molecular flexibility index (Phi) is 6.75. The van der Waals surface area contributed by atoms with E-state index in [0.717, 1.165) is 18.9 Å². The lowest BCUT2D eigenvalue weighted by atomic mass is 9.60. The summed E-state index contributed by atoms with van der Waals surface area (Å²) in [6, 6.07) is 9.48. The third kappa shape index (κ3) is 5.50. The van der Waals surface area contributed by atoms with Crippen LogP contribution in [0.5, 0.6) is 0 Å². The van der Waals surface area contributed by atoms with Crippen LogP contribution in [0.4, 0.5) is 0 Å². The summed E-state index contributed by atoms with van der Waals surface area (Å²) < 4.78 is 0. The number of rotatable bonds is 6. The van der Waals surface area contributed by atoms with E-state index < -0.39 is 0 Å². The number of hydrogen-bond acceptors (Lipinski definition) is 1. The molecule has 28 heavy (non-hydrogen) atoms. The number of benzene rings is 1. The van der Waals surface area contributed by atoms with Crippen molar-refractivity contribution in [2.75, 3.05) is 6.54 Å². The fourth-order valence-electron chi connectivity index (χ4n) is 6.61. The van der Waals surface area contributed by atoms with Crippen LogP contribution in [0.3, 0.4) is 0 Å². The molecule has 2 fully saturated rings. The van der Waals surface area contributed by atoms with Crippen LogP contribution >= 0.6 is 0 Å². The first-order valence-corrected chi connectivity index (χ1v) is 11.7. The smallest absolute Gasteiger partial charge is 0.000881 e. The molecule has 0 amide bonds. The van der Waals surface area contributed by atoms with Gasteiger partial charge in [-0.15, -0.1) is 0 Å². The molecule has 3 rings (SSSR count). The molecule has 1 unspecified atom stereocenters. The van der Waals surface area contributed by atoms with Gasteiger partial charge in [-0.2, -0.15) is 0 Å². The van der Waals surface area contributed by atoms with Crippen molar-refractivity contribution in [3.63, 3.8) is 0 Å². The van der Waals surface area contributed by atoms with Gasteiger partial charge in [0.1, 0.15) is 0 Å². The van der Waals surface area contributed by atoms with Gasteiger partial charge < -0.3 is 5.73 Å². The van der Waals surface area contributed by atoms with Gasteiger partial charge in [0.2, 0.25) is 0 Å². The van der Waals surface area contributed by atoms with Crippen LogP contribution in [-0.4, -0.2) is 6.54 Å². The molecule has 1 atom stereocenters. The van der Waals surface area contributed by atoms with Crippen LogP contribution < -0.4 is 5.73 Å². The zero-order valence-electron chi connectivity index (χ0n) is 18.9. The van der Waals surface area contributed by atoms with Crippen molar-refractivity contribution in [1.29, 1.82) is 0 Å². The minimum atomic E-state index is 0.438. The van der Waals surface area contributed by atoms with Crippen LogP contribution in [0.25, 0.3) is 0 Å². The molecule has 0 aliphatic heterocycles. The predicted molar refractivity (Wildman–Crippen MR) is 123 cm³/mol. The Morgan fingerprint density at radius 2 is 1.57 bits per heavy atom. The fraction of sp³-hybridized carbons (Fsp3) is 0.704. The monoisotopic (exact) mass is 381 g/mol. The van der Waals surface area contributed by atoms with Gasteiger partial charge >= 0.3 is 0 Å². The molecule has 2 N–H and O–H groups in total. The summed E-state index contributed by atoms with van der Waals surface area (Å²) in [6.07, 6.45) is 11.8. The van der Waals surface area contributed by atoms with Crippen molar-refractivity contribution in [3.05, 3.63) is 47.5 Å². The topological polar surface area (TPSA) is 26.0 Å². The Hall–Kier alpha value is -1.08. The Labute approximate surface area is 174 Å². The van der Waals surface area contributed by atoms with Crippen LogP contribution in [0.1, 0.15) is 96.1 Å². The summed E-state index contributed by atoms with van der Waals surface area (Å²) in [5.74, 6) is 1.95. The average Bonchev–Trinajstić information content (AvgIpc) is 2.61. The first-order valence-electron chi connectivity index (χ1n) is 11.7. The Balaban J connectivity index is 1.64. The zero-order chi connectivity index (χ0) is 20.4. The standard InChI is InChI=1S/C27H43N/c1-20(25(18-28)23-9-7-6-8-10-23)15-21-11-13-22(14-12-21)24-16-26(2,3)19-27(4,5)17-24/h11-14,23-25H,1,6-10,15-19,28H2,2-5H3. The molecule has 0 radical (unpaired) electrons. The van der Waals surface area contributed by atoms with Gasteiger partial charge in [0.15, 0.2) is 0 Å². The van der Waals surface area contributed by atoms with E-state index in [1.165, 1.54) is 68.1 Å². The van der Waals surface area contributed by atoms with Crippen molar-refractivity contribution < 1.29 is 0 Å². The second-order valence-electron chi connectivity index (χ2n) is 11.4. The molecule has 1 aromatic carbocycles. The summed E-state index contributed by atoms with van der Waals surface area (Å²) in [4.78, 5) is 0. The van der Waals surface area contributed by atoms with E-state index >= 15 is 0 Å². The molecule has 0 spiro atoms. The van der Waals surface area contributed by atoms with E-state index in [9.17, 15) is 0 Å². The highest BCUT2D eigenvalue weighted by Gasteiger charge is 2.38. The van der Waals surface area contributed by atoms with Gasteiger partial charge in [0.05, 0.1) is 0 Å². The first-order chi connectivity index (χ1) is 13.2. The van der Waals surface area contributed by atoms with Crippen molar-refractivity contribution in [2.45, 2.75) is 91.4 Å². The van der Waals surface area contributed by atoms with Gasteiger partial charge in [-0.3, -0.25) is 0 Å². The summed E-state index contributed by atoms with van der Waals surface area (Å²) in [5.41, 5.74) is 11.3. The van der Waals surface area contributed by atoms with Gasteiger partial charge in [-0.1, -0.05) is 83.4 Å². The third-order valence-corrected chi connectivity index (χ3v) is 7.43. The summed E-state index contributed by atoms with van der Waals surface area (Å²) in [5, 5.41) is 0. The van der Waals surface area contributed by atoms with E-state index in [2.05, 4.69) is 58.5 Å². The minimum Gasteiger partial charge on any atom is -0.330 e. The van der Waals surface area contributed by atoms with E-state index in [1.807, 2.05) is 0 Å². The Morgan fingerprint density at radius 1 is 1.00 bits per heavy atom. The number of nitrogens with two attached hydrogens (primary N) is 1. The largest absolute Gasteiger partial charge is 0.330 e. The lowest BCUT2D eigenvalue weighted by Crippen LogP contribution is -2.32. The van der Waals surface area contributed by atoms with Gasteiger partial charge in [-0.05, 0) is 84.8 Å². The van der Waals surface area contributed by atoms with E-state index in [-0.39, 0.29) is 0 Å². The molecule has 2 aliphatic carbocycles. The molecule has 2 saturated carbocycles. The zero-order valence-corrected chi connectivity index (χ0v) is 18.9. The molecule has 0 heterocycles. The van der Waals surface area contributed by atoms with E-state index in [1.54, 1.807) is 0 Å². The van der Waals surface area contributed by atoms with Crippen molar-refractivity contribution in [2.24, 2.45) is 28.4 Å². The molecule has 156 valence electrons. The highest BCUT2D eigenvalue weighted by atomic mass is 14.6. The van der Waals surface area contributed by atoms with E-state index in [0.29, 0.717) is 22.7 Å². The minimum absolute atomic E-state index is 0.438. The molecule has 0 bridgehead atoms. The van der Waals surface area contributed by atoms with Crippen molar-refractivity contribution in [3.8, 4) is 0 Å². The highest BCUT2D eigenvalue weighted by Crippen LogP contribution is 2.51. The average molecular weight is 382 g/mol. The quantitative estimate of drug-likeness (QED) is 0.515. The molecular weight excluding hydrogens is 338 g/mol. The van der Waals surface area contributed by atoms with Gasteiger partial charge in [0, 0.05) is 0 Å². The van der Waals surface area contributed by atoms with Crippen LogP contribution in [0, 0.1) is 22.7 Å². The molecule has 1 heteroatoms. The van der Waals surface area contributed by atoms with Crippen molar-refractivity contribution >= 4 is 0 Å². The summed E-state index contributed by atoms with van der Waals surface area (Å²) in [7, 11) is 0. The van der Waals surface area contributed by atoms with Crippen LogP contribution in [0.2, 0.25) is 0 Å². The molecule has 1 nitrogen and oxygen atoms in total. The van der Waals surface area contributed by atoms with Crippen molar-refractivity contribution in [1.82, 2.24) is 0 Å². The predicted octanol–water partition coefficient (Wildman–Crippen LogP) is 7.26. The Morgan fingerprint density at radius 3 is 2.11 bits per heavy atom. The number of hydrogen-bond donors (Lipinski definition) is 1. The first kappa shape index (κ1) is 21.6. The fourth-order valence-corrected chi connectivity index (χ4v) is 6.61. The second-order valence-corrected chi connectivity index (χ2v) is 11.4. The Bertz CT molecular complexity index is 629. The maximum Gasteiger partial charge on any atom is -0.000881 e. The lowest BCUT2D eigenvalue weighted by Gasteiger charge is -2.45. The summed E-state index contributed by atoms with van der Waals surface area (Å²) >= 11 is 0. The molecule has 0 aromatic heterocycles. The summed E-state index contributed by atoms with van der Waals surface area (Å²) in [6.45, 7) is 15.0. The van der Waals surface area contributed by atoms with Gasteiger partial charge in [0.25, 0.3) is 0 Å². The van der Waals surface area contributed by atoms with Gasteiger partial charge in [-0.25, -0.2) is 0 Å². The molecular formula is C27H43N.